The van der Waals surface area contributed by atoms with Crippen LogP contribution in [0, 0.1) is 17.5 Å². The Morgan fingerprint density at radius 1 is 0.812 bits per heavy atom. The molecule has 0 bridgehead atoms. The van der Waals surface area contributed by atoms with E-state index >= 15 is 0 Å². The van der Waals surface area contributed by atoms with Gasteiger partial charge in [-0.2, -0.15) is 0 Å². The Hall–Kier alpha value is -3.32. The average molecular weight is 440 g/mol. The normalized spacial score (nSPS) is 14.4. The van der Waals surface area contributed by atoms with Crippen LogP contribution in [-0.4, -0.2) is 41.9 Å². The number of rotatable bonds is 6. The van der Waals surface area contributed by atoms with Crippen molar-refractivity contribution in [3.05, 3.63) is 101 Å². The molecule has 0 saturated carbocycles. The Balaban J connectivity index is 1.32. The van der Waals surface area contributed by atoms with E-state index in [0.717, 1.165) is 17.7 Å². The molecule has 0 aliphatic carbocycles. The summed E-state index contributed by atoms with van der Waals surface area (Å²) >= 11 is 0. The summed E-state index contributed by atoms with van der Waals surface area (Å²) in [7, 11) is 0. The van der Waals surface area contributed by atoms with Crippen molar-refractivity contribution in [3.63, 3.8) is 0 Å². The lowest BCUT2D eigenvalue weighted by atomic mass is 10.1. The third-order valence-corrected chi connectivity index (χ3v) is 5.42. The van der Waals surface area contributed by atoms with Crippen molar-refractivity contribution in [3.8, 4) is 5.75 Å². The molecule has 1 fully saturated rings. The number of amides is 1. The van der Waals surface area contributed by atoms with E-state index in [2.05, 4.69) is 4.90 Å². The molecule has 1 amide bonds. The fourth-order valence-corrected chi connectivity index (χ4v) is 3.73. The molecule has 3 aromatic carbocycles. The second-order valence-corrected chi connectivity index (χ2v) is 7.76. The summed E-state index contributed by atoms with van der Waals surface area (Å²) in [4.78, 5) is 16.9. The zero-order valence-corrected chi connectivity index (χ0v) is 17.4. The van der Waals surface area contributed by atoms with Gasteiger partial charge < -0.3 is 9.64 Å². The van der Waals surface area contributed by atoms with Crippen LogP contribution >= 0.6 is 0 Å². The predicted molar refractivity (Wildman–Crippen MR) is 115 cm³/mol. The zero-order chi connectivity index (χ0) is 22.5. The Labute approximate surface area is 184 Å². The lowest BCUT2D eigenvalue weighted by molar-refractivity contribution is 0.0628. The minimum atomic E-state index is -0.770. The summed E-state index contributed by atoms with van der Waals surface area (Å²) in [6, 6.07) is 16.7. The molecule has 4 rings (SSSR count). The second kappa shape index (κ2) is 9.87. The molecule has 0 spiro atoms. The zero-order valence-electron chi connectivity index (χ0n) is 17.4. The first-order chi connectivity index (χ1) is 15.5. The molecule has 1 aliphatic heterocycles. The van der Waals surface area contributed by atoms with Gasteiger partial charge in [0, 0.05) is 44.4 Å². The Bertz CT molecular complexity index is 1100. The molecule has 166 valence electrons. The van der Waals surface area contributed by atoms with E-state index in [4.69, 9.17) is 4.74 Å². The number of hydrogen-bond donors (Lipinski definition) is 0. The quantitative estimate of drug-likeness (QED) is 0.560. The number of carbonyl (C=O) groups excluding carboxylic acids is 1. The maximum Gasteiger partial charge on any atom is 0.253 e. The van der Waals surface area contributed by atoms with Crippen LogP contribution in [0.15, 0.2) is 66.7 Å². The monoisotopic (exact) mass is 440 g/mol. The first-order valence-electron chi connectivity index (χ1n) is 10.4. The van der Waals surface area contributed by atoms with Crippen LogP contribution in [0.2, 0.25) is 0 Å². The molecule has 7 heteroatoms. The van der Waals surface area contributed by atoms with Gasteiger partial charge in [0.05, 0.1) is 0 Å². The van der Waals surface area contributed by atoms with Crippen molar-refractivity contribution in [1.29, 1.82) is 0 Å². The van der Waals surface area contributed by atoms with Gasteiger partial charge in [-0.05, 0) is 47.5 Å². The highest BCUT2D eigenvalue weighted by Gasteiger charge is 2.22. The van der Waals surface area contributed by atoms with Gasteiger partial charge in [-0.3, -0.25) is 9.69 Å². The van der Waals surface area contributed by atoms with Gasteiger partial charge in [0.15, 0.2) is 11.6 Å². The molecule has 0 radical (unpaired) electrons. The largest absolute Gasteiger partial charge is 0.486 e. The number of hydrogen-bond acceptors (Lipinski definition) is 3. The molecule has 1 saturated heterocycles. The predicted octanol–water partition coefficient (Wildman–Crippen LogP) is 4.64. The average Bonchev–Trinajstić information content (AvgIpc) is 2.79. The molecular weight excluding hydrogens is 417 g/mol. The molecule has 1 aliphatic rings. The molecule has 0 aromatic heterocycles. The molecule has 0 N–H and O–H groups in total. The third kappa shape index (κ3) is 5.48. The number of nitrogens with zero attached hydrogens (tertiary/aromatic N) is 2. The van der Waals surface area contributed by atoms with Crippen LogP contribution in [0.1, 0.15) is 21.5 Å². The molecule has 0 atom stereocenters. The Morgan fingerprint density at radius 3 is 2.28 bits per heavy atom. The first-order valence-corrected chi connectivity index (χ1v) is 10.4. The van der Waals surface area contributed by atoms with Gasteiger partial charge >= 0.3 is 0 Å². The molecule has 32 heavy (non-hydrogen) atoms. The first kappa shape index (κ1) is 21.9. The van der Waals surface area contributed by atoms with Crippen molar-refractivity contribution in [2.75, 3.05) is 26.2 Å². The van der Waals surface area contributed by atoms with Crippen molar-refractivity contribution >= 4 is 5.91 Å². The van der Waals surface area contributed by atoms with Crippen LogP contribution in [0.4, 0.5) is 13.2 Å². The molecular formula is C25H23F3N2O2. The van der Waals surface area contributed by atoms with Crippen molar-refractivity contribution < 1.29 is 22.7 Å². The molecule has 1 heterocycles. The Morgan fingerprint density at radius 2 is 1.53 bits per heavy atom. The van der Waals surface area contributed by atoms with E-state index in [-0.39, 0.29) is 24.1 Å². The summed E-state index contributed by atoms with van der Waals surface area (Å²) in [5.41, 5.74) is 2.16. The van der Waals surface area contributed by atoms with Crippen LogP contribution < -0.4 is 4.74 Å². The number of halogens is 3. The maximum absolute atomic E-state index is 13.7. The number of piperazine rings is 1. The maximum atomic E-state index is 13.7. The minimum absolute atomic E-state index is 0.0439. The van der Waals surface area contributed by atoms with Gasteiger partial charge in [-0.15, -0.1) is 0 Å². The standard InChI is InChI=1S/C25H23F3N2O2/c26-21-6-2-3-18(14-21)16-29-9-11-30(12-10-29)25(31)20-5-1-4-19(13-20)17-32-24-8-7-22(27)15-23(24)28/h1-8,13-15H,9-12,16-17H2. The van der Waals surface area contributed by atoms with E-state index < -0.39 is 11.6 Å². The highest BCUT2D eigenvalue weighted by molar-refractivity contribution is 5.94. The summed E-state index contributed by atoms with van der Waals surface area (Å²) in [5, 5.41) is 0. The van der Waals surface area contributed by atoms with Gasteiger partial charge in [0.2, 0.25) is 0 Å². The highest BCUT2D eigenvalue weighted by Crippen LogP contribution is 2.20. The summed E-state index contributed by atoms with van der Waals surface area (Å²) in [5.74, 6) is -1.81. The smallest absolute Gasteiger partial charge is 0.253 e. The number of carbonyl (C=O) groups is 1. The van der Waals surface area contributed by atoms with Gasteiger partial charge in [0.1, 0.15) is 18.2 Å². The van der Waals surface area contributed by atoms with E-state index in [1.165, 1.54) is 18.2 Å². The topological polar surface area (TPSA) is 32.8 Å². The molecule has 4 nitrogen and oxygen atoms in total. The minimum Gasteiger partial charge on any atom is -0.486 e. The van der Waals surface area contributed by atoms with E-state index in [1.807, 2.05) is 6.07 Å². The van der Waals surface area contributed by atoms with Crippen LogP contribution in [0.3, 0.4) is 0 Å². The highest BCUT2D eigenvalue weighted by atomic mass is 19.1. The number of ether oxygens (including phenoxy) is 1. The second-order valence-electron chi connectivity index (χ2n) is 7.76. The molecule has 3 aromatic rings. The van der Waals surface area contributed by atoms with Crippen molar-refractivity contribution in [1.82, 2.24) is 9.80 Å². The van der Waals surface area contributed by atoms with Crippen molar-refractivity contribution in [2.24, 2.45) is 0 Å². The summed E-state index contributed by atoms with van der Waals surface area (Å²) < 4.78 is 45.6. The van der Waals surface area contributed by atoms with Crippen molar-refractivity contribution in [2.45, 2.75) is 13.2 Å². The lowest BCUT2D eigenvalue weighted by Gasteiger charge is -2.34. The molecule has 0 unspecified atom stereocenters. The van der Waals surface area contributed by atoms with Gasteiger partial charge in [-0.1, -0.05) is 24.3 Å². The summed E-state index contributed by atoms with van der Waals surface area (Å²) in [6.07, 6.45) is 0. The number of benzene rings is 3. The van der Waals surface area contributed by atoms with E-state index in [0.29, 0.717) is 43.9 Å². The SMILES string of the molecule is O=C(c1cccc(COc2ccc(F)cc2F)c1)N1CCN(Cc2cccc(F)c2)CC1. The third-order valence-electron chi connectivity index (χ3n) is 5.42. The van der Waals surface area contributed by atoms with E-state index in [9.17, 15) is 18.0 Å². The fourth-order valence-electron chi connectivity index (χ4n) is 3.73. The fraction of sp³-hybridized carbons (Fsp3) is 0.240. The summed E-state index contributed by atoms with van der Waals surface area (Å²) in [6.45, 7) is 3.27. The van der Waals surface area contributed by atoms with E-state index in [1.54, 1.807) is 35.2 Å². The van der Waals surface area contributed by atoms with Crippen LogP contribution in [0.25, 0.3) is 0 Å². The van der Waals surface area contributed by atoms with Crippen LogP contribution in [-0.2, 0) is 13.2 Å². The van der Waals surface area contributed by atoms with Crippen LogP contribution in [0.5, 0.6) is 5.75 Å². The Kier molecular flexibility index (Phi) is 6.75. The lowest BCUT2D eigenvalue weighted by Crippen LogP contribution is -2.48. The van der Waals surface area contributed by atoms with Gasteiger partial charge in [0.25, 0.3) is 5.91 Å². The van der Waals surface area contributed by atoms with Gasteiger partial charge in [-0.25, -0.2) is 13.2 Å².